The monoisotopic (exact) mass is 420 g/mol. The van der Waals surface area contributed by atoms with Gasteiger partial charge < -0.3 is 19.5 Å². The van der Waals surface area contributed by atoms with Gasteiger partial charge in [0, 0.05) is 12.6 Å². The first-order valence-corrected chi connectivity index (χ1v) is 11.0. The standard InChI is InChI=1S/C20H24N2O6S/c1-14(2)28-17-7-4-15(5-8-17)11-21-20(23)12-22(29(3,24)25)16-6-9-18-19(10-16)27-13-26-18/h4-10,14H,11-13H2,1-3H3,(H,21,23). The van der Waals surface area contributed by atoms with Crippen LogP contribution in [0.25, 0.3) is 0 Å². The van der Waals surface area contributed by atoms with Gasteiger partial charge in [-0.3, -0.25) is 9.10 Å². The van der Waals surface area contributed by atoms with Crippen LogP contribution in [-0.4, -0.2) is 40.0 Å². The molecule has 0 radical (unpaired) electrons. The lowest BCUT2D eigenvalue weighted by molar-refractivity contribution is -0.119. The minimum absolute atomic E-state index is 0.0821. The number of rotatable bonds is 8. The smallest absolute Gasteiger partial charge is 0.241 e. The van der Waals surface area contributed by atoms with Crippen molar-refractivity contribution in [2.45, 2.75) is 26.5 Å². The van der Waals surface area contributed by atoms with Crippen molar-refractivity contribution in [1.82, 2.24) is 5.32 Å². The maximum absolute atomic E-state index is 12.4. The van der Waals surface area contributed by atoms with Gasteiger partial charge in [0.15, 0.2) is 11.5 Å². The van der Waals surface area contributed by atoms with Crippen LogP contribution in [0.4, 0.5) is 5.69 Å². The first-order chi connectivity index (χ1) is 13.7. The van der Waals surface area contributed by atoms with Crippen LogP contribution in [0.3, 0.4) is 0 Å². The van der Waals surface area contributed by atoms with Gasteiger partial charge in [0.2, 0.25) is 22.7 Å². The van der Waals surface area contributed by atoms with E-state index >= 15 is 0 Å². The molecular weight excluding hydrogens is 396 g/mol. The molecule has 1 heterocycles. The number of carbonyl (C=O) groups is 1. The van der Waals surface area contributed by atoms with Crippen molar-refractivity contribution in [1.29, 1.82) is 0 Å². The van der Waals surface area contributed by atoms with Crippen LogP contribution in [0, 0.1) is 0 Å². The number of hydrogen-bond acceptors (Lipinski definition) is 6. The predicted molar refractivity (Wildman–Crippen MR) is 109 cm³/mol. The molecule has 156 valence electrons. The molecule has 8 nitrogen and oxygen atoms in total. The summed E-state index contributed by atoms with van der Waals surface area (Å²) in [5.41, 5.74) is 1.21. The average molecular weight is 420 g/mol. The Hall–Kier alpha value is -2.94. The Morgan fingerprint density at radius 2 is 1.83 bits per heavy atom. The Labute approximate surface area is 170 Å². The van der Waals surface area contributed by atoms with Crippen molar-refractivity contribution in [3.63, 3.8) is 0 Å². The maximum atomic E-state index is 12.4. The molecule has 0 atom stereocenters. The van der Waals surface area contributed by atoms with Crippen molar-refractivity contribution in [3.8, 4) is 17.2 Å². The first kappa shape index (κ1) is 20.8. The summed E-state index contributed by atoms with van der Waals surface area (Å²) in [6.45, 7) is 3.91. The van der Waals surface area contributed by atoms with Crippen LogP contribution in [0.5, 0.6) is 17.2 Å². The summed E-state index contributed by atoms with van der Waals surface area (Å²) in [6.07, 6.45) is 1.14. The highest BCUT2D eigenvalue weighted by Gasteiger charge is 2.23. The highest BCUT2D eigenvalue weighted by Crippen LogP contribution is 2.36. The topological polar surface area (TPSA) is 94.2 Å². The number of nitrogens with one attached hydrogen (secondary N) is 1. The molecule has 1 aliphatic heterocycles. The van der Waals surface area contributed by atoms with Crippen molar-refractivity contribution in [2.24, 2.45) is 0 Å². The third-order valence-electron chi connectivity index (χ3n) is 4.12. The summed E-state index contributed by atoms with van der Waals surface area (Å²) in [6, 6.07) is 12.1. The molecule has 3 rings (SSSR count). The third kappa shape index (κ3) is 5.54. The number of carbonyl (C=O) groups excluding carboxylic acids is 1. The maximum Gasteiger partial charge on any atom is 0.241 e. The molecule has 0 fully saturated rings. The minimum Gasteiger partial charge on any atom is -0.491 e. The lowest BCUT2D eigenvalue weighted by Crippen LogP contribution is -2.40. The summed E-state index contributed by atoms with van der Waals surface area (Å²) in [5, 5.41) is 2.74. The van der Waals surface area contributed by atoms with Crippen molar-refractivity contribution in [2.75, 3.05) is 23.9 Å². The Balaban J connectivity index is 1.63. The van der Waals surface area contributed by atoms with E-state index in [1.54, 1.807) is 18.2 Å². The molecule has 0 aliphatic carbocycles. The number of hydrogen-bond donors (Lipinski definition) is 1. The van der Waals surface area contributed by atoms with Gasteiger partial charge in [-0.15, -0.1) is 0 Å². The largest absolute Gasteiger partial charge is 0.491 e. The van der Waals surface area contributed by atoms with Crippen LogP contribution in [-0.2, 0) is 21.4 Å². The Morgan fingerprint density at radius 3 is 2.48 bits per heavy atom. The van der Waals surface area contributed by atoms with E-state index in [1.807, 2.05) is 38.1 Å². The number of ether oxygens (including phenoxy) is 3. The Bertz CT molecular complexity index is 973. The fourth-order valence-corrected chi connectivity index (χ4v) is 3.63. The van der Waals surface area contributed by atoms with E-state index < -0.39 is 15.9 Å². The molecule has 2 aromatic rings. The second-order valence-electron chi connectivity index (χ2n) is 6.89. The summed E-state index contributed by atoms with van der Waals surface area (Å²) < 4.78 is 41.6. The molecular formula is C20H24N2O6S. The first-order valence-electron chi connectivity index (χ1n) is 9.12. The van der Waals surface area contributed by atoms with Gasteiger partial charge in [-0.05, 0) is 43.7 Å². The molecule has 0 bridgehead atoms. The molecule has 0 spiro atoms. The van der Waals surface area contributed by atoms with Crippen LogP contribution in [0.2, 0.25) is 0 Å². The van der Waals surface area contributed by atoms with Crippen LogP contribution in [0.15, 0.2) is 42.5 Å². The number of sulfonamides is 1. The Kier molecular flexibility index (Phi) is 6.17. The quantitative estimate of drug-likeness (QED) is 0.704. The molecule has 9 heteroatoms. The molecule has 0 saturated heterocycles. The normalized spacial score (nSPS) is 12.7. The highest BCUT2D eigenvalue weighted by atomic mass is 32.2. The van der Waals surface area contributed by atoms with Crippen molar-refractivity contribution >= 4 is 21.6 Å². The van der Waals surface area contributed by atoms with Gasteiger partial charge >= 0.3 is 0 Å². The molecule has 0 unspecified atom stereocenters. The molecule has 0 aromatic heterocycles. The average Bonchev–Trinajstić information content (AvgIpc) is 3.12. The fraction of sp³-hybridized carbons (Fsp3) is 0.350. The number of fused-ring (bicyclic) bond motifs is 1. The van der Waals surface area contributed by atoms with Crippen LogP contribution < -0.4 is 23.8 Å². The van der Waals surface area contributed by atoms with E-state index in [2.05, 4.69) is 5.32 Å². The van der Waals surface area contributed by atoms with Crippen LogP contribution >= 0.6 is 0 Å². The minimum atomic E-state index is -3.67. The summed E-state index contributed by atoms with van der Waals surface area (Å²) in [7, 11) is -3.67. The second-order valence-corrected chi connectivity index (χ2v) is 8.80. The number of anilines is 1. The lowest BCUT2D eigenvalue weighted by Gasteiger charge is -2.22. The van der Waals surface area contributed by atoms with Gasteiger partial charge in [-0.1, -0.05) is 12.1 Å². The lowest BCUT2D eigenvalue weighted by atomic mass is 10.2. The molecule has 1 aliphatic rings. The SMILES string of the molecule is CC(C)Oc1ccc(CNC(=O)CN(c2ccc3c(c2)OCO3)S(C)(=O)=O)cc1. The van der Waals surface area contributed by atoms with Gasteiger partial charge in [-0.2, -0.15) is 0 Å². The zero-order valence-electron chi connectivity index (χ0n) is 16.5. The zero-order chi connectivity index (χ0) is 21.0. The summed E-state index contributed by atoms with van der Waals surface area (Å²) in [5.74, 6) is 1.31. The second kappa shape index (κ2) is 8.60. The Morgan fingerprint density at radius 1 is 1.14 bits per heavy atom. The molecule has 29 heavy (non-hydrogen) atoms. The molecule has 1 N–H and O–H groups in total. The molecule has 1 amide bonds. The fourth-order valence-electron chi connectivity index (χ4n) is 2.79. The van der Waals surface area contributed by atoms with E-state index in [4.69, 9.17) is 14.2 Å². The van der Waals surface area contributed by atoms with E-state index in [-0.39, 0.29) is 26.0 Å². The van der Waals surface area contributed by atoms with Gasteiger partial charge in [0.25, 0.3) is 0 Å². The van der Waals surface area contributed by atoms with E-state index in [9.17, 15) is 13.2 Å². The summed E-state index contributed by atoms with van der Waals surface area (Å²) >= 11 is 0. The molecule has 2 aromatic carbocycles. The van der Waals surface area contributed by atoms with Crippen LogP contribution in [0.1, 0.15) is 19.4 Å². The number of benzene rings is 2. The highest BCUT2D eigenvalue weighted by molar-refractivity contribution is 7.92. The molecule has 0 saturated carbocycles. The zero-order valence-corrected chi connectivity index (χ0v) is 17.4. The predicted octanol–water partition coefficient (Wildman–Crippen LogP) is 2.28. The summed E-state index contributed by atoms with van der Waals surface area (Å²) in [4.78, 5) is 12.4. The van der Waals surface area contributed by atoms with Gasteiger partial charge in [0.05, 0.1) is 18.0 Å². The number of nitrogens with zero attached hydrogens (tertiary/aromatic N) is 1. The van der Waals surface area contributed by atoms with Crippen molar-refractivity contribution in [3.05, 3.63) is 48.0 Å². The number of amides is 1. The van der Waals surface area contributed by atoms with E-state index in [0.717, 1.165) is 21.9 Å². The van der Waals surface area contributed by atoms with Crippen molar-refractivity contribution < 1.29 is 27.4 Å². The van der Waals surface area contributed by atoms with Gasteiger partial charge in [-0.25, -0.2) is 8.42 Å². The third-order valence-corrected chi connectivity index (χ3v) is 5.26. The van der Waals surface area contributed by atoms with E-state index in [0.29, 0.717) is 17.2 Å². The van der Waals surface area contributed by atoms with E-state index in [1.165, 1.54) is 0 Å². The van der Waals surface area contributed by atoms with Gasteiger partial charge in [0.1, 0.15) is 12.3 Å².